The van der Waals surface area contributed by atoms with Crippen LogP contribution in [-0.2, 0) is 0 Å². The second-order valence-corrected chi connectivity index (χ2v) is 5.62. The number of aryl methyl sites for hydroxylation is 1. The second-order valence-electron chi connectivity index (χ2n) is 5.22. The fourth-order valence-electron chi connectivity index (χ4n) is 2.19. The molecule has 0 saturated heterocycles. The highest BCUT2D eigenvalue weighted by Crippen LogP contribution is 2.29. The minimum atomic E-state index is 0.184. The van der Waals surface area contributed by atoms with Crippen molar-refractivity contribution < 1.29 is 4.74 Å². The van der Waals surface area contributed by atoms with Gasteiger partial charge in [-0.15, -0.1) is 0 Å². The van der Waals surface area contributed by atoms with Gasteiger partial charge in [-0.1, -0.05) is 42.8 Å². The molecule has 2 aromatic carbocycles. The number of nitrogens with one attached hydrogen (secondary N) is 1. The first kappa shape index (κ1) is 15.7. The van der Waals surface area contributed by atoms with E-state index < -0.39 is 0 Å². The van der Waals surface area contributed by atoms with Crippen molar-refractivity contribution in [3.05, 3.63) is 58.6 Å². The molecule has 1 atom stereocenters. The summed E-state index contributed by atoms with van der Waals surface area (Å²) in [5.41, 5.74) is 3.35. The highest BCUT2D eigenvalue weighted by Gasteiger charge is 2.09. The lowest BCUT2D eigenvalue weighted by Gasteiger charge is -2.19. The molecule has 0 saturated carbocycles. The lowest BCUT2D eigenvalue weighted by Crippen LogP contribution is -2.08. The number of anilines is 1. The van der Waals surface area contributed by atoms with Crippen molar-refractivity contribution >= 4 is 17.3 Å². The van der Waals surface area contributed by atoms with Gasteiger partial charge in [-0.25, -0.2) is 0 Å². The molecule has 2 nitrogen and oxygen atoms in total. The molecule has 112 valence electrons. The van der Waals surface area contributed by atoms with Crippen LogP contribution in [0.25, 0.3) is 0 Å². The normalized spacial score (nSPS) is 12.0. The molecule has 3 heteroatoms. The summed E-state index contributed by atoms with van der Waals surface area (Å²) >= 11 is 6.26. The Balaban J connectivity index is 2.08. The molecular formula is C18H22ClNO. The van der Waals surface area contributed by atoms with Gasteiger partial charge in [-0.05, 0) is 49.6 Å². The Kier molecular flexibility index (Phi) is 5.51. The molecule has 0 aliphatic heterocycles. The fourth-order valence-corrected chi connectivity index (χ4v) is 2.46. The van der Waals surface area contributed by atoms with Crippen LogP contribution in [0.5, 0.6) is 5.75 Å². The van der Waals surface area contributed by atoms with Gasteiger partial charge in [-0.3, -0.25) is 0 Å². The van der Waals surface area contributed by atoms with Crippen LogP contribution in [0.2, 0.25) is 5.02 Å². The summed E-state index contributed by atoms with van der Waals surface area (Å²) in [6.45, 7) is 7.05. The van der Waals surface area contributed by atoms with Crippen molar-refractivity contribution in [1.82, 2.24) is 0 Å². The zero-order valence-corrected chi connectivity index (χ0v) is 13.6. The van der Waals surface area contributed by atoms with E-state index in [0.717, 1.165) is 35.1 Å². The Hall–Kier alpha value is -1.67. The van der Waals surface area contributed by atoms with Crippen LogP contribution in [0.3, 0.4) is 0 Å². The third-order valence-corrected chi connectivity index (χ3v) is 3.75. The average molecular weight is 304 g/mol. The first-order valence-electron chi connectivity index (χ1n) is 7.36. The minimum absolute atomic E-state index is 0.184. The van der Waals surface area contributed by atoms with E-state index in [9.17, 15) is 0 Å². The SMILES string of the molecule is CCCOc1ccc(C(C)Nc2c(C)cccc2Cl)cc1. The zero-order chi connectivity index (χ0) is 15.2. The van der Waals surface area contributed by atoms with Gasteiger partial charge in [-0.2, -0.15) is 0 Å². The first-order valence-corrected chi connectivity index (χ1v) is 7.74. The Morgan fingerprint density at radius 2 is 1.86 bits per heavy atom. The first-order chi connectivity index (χ1) is 10.1. The molecular weight excluding hydrogens is 282 g/mol. The molecule has 0 spiro atoms. The molecule has 0 heterocycles. The standard InChI is InChI=1S/C18H22ClNO/c1-4-12-21-16-10-8-15(9-11-16)14(3)20-18-13(2)6-5-7-17(18)19/h5-11,14,20H,4,12H2,1-3H3. The molecule has 1 N–H and O–H groups in total. The van der Waals surface area contributed by atoms with Gasteiger partial charge in [0.25, 0.3) is 0 Å². The smallest absolute Gasteiger partial charge is 0.119 e. The maximum absolute atomic E-state index is 6.26. The third-order valence-electron chi connectivity index (χ3n) is 3.44. The van der Waals surface area contributed by atoms with Gasteiger partial charge >= 0.3 is 0 Å². The van der Waals surface area contributed by atoms with Crippen LogP contribution >= 0.6 is 11.6 Å². The molecule has 2 aromatic rings. The summed E-state index contributed by atoms with van der Waals surface area (Å²) in [6.07, 6.45) is 1.02. The lowest BCUT2D eigenvalue weighted by atomic mass is 10.1. The fraction of sp³-hybridized carbons (Fsp3) is 0.333. The van der Waals surface area contributed by atoms with Crippen LogP contribution in [0.4, 0.5) is 5.69 Å². The number of halogens is 1. The summed E-state index contributed by atoms with van der Waals surface area (Å²) < 4.78 is 5.60. The zero-order valence-electron chi connectivity index (χ0n) is 12.8. The molecule has 0 amide bonds. The molecule has 0 aliphatic rings. The van der Waals surface area contributed by atoms with Crippen molar-refractivity contribution in [2.24, 2.45) is 0 Å². The molecule has 0 radical (unpaired) electrons. The quantitative estimate of drug-likeness (QED) is 0.749. The van der Waals surface area contributed by atoms with Crippen LogP contribution in [0.15, 0.2) is 42.5 Å². The number of hydrogen-bond acceptors (Lipinski definition) is 2. The number of benzene rings is 2. The van der Waals surface area contributed by atoms with Crippen LogP contribution in [0.1, 0.15) is 37.4 Å². The van der Waals surface area contributed by atoms with E-state index >= 15 is 0 Å². The molecule has 2 rings (SSSR count). The van der Waals surface area contributed by atoms with Crippen molar-refractivity contribution in [2.45, 2.75) is 33.2 Å². The largest absolute Gasteiger partial charge is 0.494 e. The predicted molar refractivity (Wildman–Crippen MR) is 90.5 cm³/mol. The molecule has 1 unspecified atom stereocenters. The Morgan fingerprint density at radius 3 is 2.48 bits per heavy atom. The van der Waals surface area contributed by atoms with Crippen molar-refractivity contribution in [3.8, 4) is 5.75 Å². The van der Waals surface area contributed by atoms with Gasteiger partial charge in [0.1, 0.15) is 5.75 Å². The van der Waals surface area contributed by atoms with Gasteiger partial charge in [0.15, 0.2) is 0 Å². The Labute approximate surface area is 132 Å². The maximum atomic E-state index is 6.26. The Morgan fingerprint density at radius 1 is 1.14 bits per heavy atom. The number of ether oxygens (including phenoxy) is 1. The molecule has 0 aromatic heterocycles. The molecule has 21 heavy (non-hydrogen) atoms. The monoisotopic (exact) mass is 303 g/mol. The highest BCUT2D eigenvalue weighted by atomic mass is 35.5. The predicted octanol–water partition coefficient (Wildman–Crippen LogP) is 5.61. The van der Waals surface area contributed by atoms with Crippen LogP contribution in [-0.4, -0.2) is 6.61 Å². The number of rotatable bonds is 6. The third kappa shape index (κ3) is 4.15. The maximum Gasteiger partial charge on any atom is 0.119 e. The van der Waals surface area contributed by atoms with E-state index in [4.69, 9.17) is 16.3 Å². The lowest BCUT2D eigenvalue weighted by molar-refractivity contribution is 0.317. The average Bonchev–Trinajstić information content (AvgIpc) is 2.49. The summed E-state index contributed by atoms with van der Waals surface area (Å²) in [4.78, 5) is 0. The van der Waals surface area contributed by atoms with Gasteiger partial charge in [0.2, 0.25) is 0 Å². The van der Waals surface area contributed by atoms with Crippen molar-refractivity contribution in [2.75, 3.05) is 11.9 Å². The Bertz CT molecular complexity index is 560. The van der Waals surface area contributed by atoms with E-state index in [1.165, 1.54) is 5.56 Å². The van der Waals surface area contributed by atoms with Crippen LogP contribution < -0.4 is 10.1 Å². The van der Waals surface area contributed by atoms with E-state index in [2.05, 4.69) is 44.3 Å². The van der Waals surface area contributed by atoms with Gasteiger partial charge in [0.05, 0.1) is 17.3 Å². The molecule has 0 bridgehead atoms. The van der Waals surface area contributed by atoms with Crippen molar-refractivity contribution in [3.63, 3.8) is 0 Å². The van der Waals surface area contributed by atoms with E-state index in [-0.39, 0.29) is 6.04 Å². The summed E-state index contributed by atoms with van der Waals surface area (Å²) in [6, 6.07) is 14.3. The number of hydrogen-bond donors (Lipinski definition) is 1. The van der Waals surface area contributed by atoms with Crippen molar-refractivity contribution in [1.29, 1.82) is 0 Å². The highest BCUT2D eigenvalue weighted by molar-refractivity contribution is 6.33. The summed E-state index contributed by atoms with van der Waals surface area (Å²) in [5.74, 6) is 0.918. The summed E-state index contributed by atoms with van der Waals surface area (Å²) in [5, 5.41) is 4.24. The van der Waals surface area contributed by atoms with E-state index in [0.29, 0.717) is 0 Å². The van der Waals surface area contributed by atoms with Gasteiger partial charge < -0.3 is 10.1 Å². The summed E-state index contributed by atoms with van der Waals surface area (Å²) in [7, 11) is 0. The van der Waals surface area contributed by atoms with Crippen LogP contribution in [0, 0.1) is 6.92 Å². The topological polar surface area (TPSA) is 21.3 Å². The minimum Gasteiger partial charge on any atom is -0.494 e. The molecule has 0 aliphatic carbocycles. The van der Waals surface area contributed by atoms with E-state index in [1.807, 2.05) is 24.3 Å². The van der Waals surface area contributed by atoms with Gasteiger partial charge in [0, 0.05) is 6.04 Å². The van der Waals surface area contributed by atoms with E-state index in [1.54, 1.807) is 0 Å². The number of para-hydroxylation sites is 1. The second kappa shape index (κ2) is 7.37. The molecule has 0 fully saturated rings.